The van der Waals surface area contributed by atoms with Crippen molar-refractivity contribution in [1.29, 1.82) is 0 Å². The summed E-state index contributed by atoms with van der Waals surface area (Å²) in [7, 11) is 1.42. The summed E-state index contributed by atoms with van der Waals surface area (Å²) in [4.78, 5) is 35.6. The van der Waals surface area contributed by atoms with Crippen molar-refractivity contribution < 1.29 is 23.9 Å². The summed E-state index contributed by atoms with van der Waals surface area (Å²) in [6, 6.07) is -0.744. The van der Waals surface area contributed by atoms with E-state index in [1.54, 1.807) is 20.8 Å². The van der Waals surface area contributed by atoms with Gasteiger partial charge in [-0.3, -0.25) is 9.59 Å². The van der Waals surface area contributed by atoms with Gasteiger partial charge in [0, 0.05) is 19.4 Å². The molecule has 0 aromatic rings. The van der Waals surface area contributed by atoms with Gasteiger partial charge in [0.1, 0.15) is 18.0 Å². The van der Waals surface area contributed by atoms with Crippen molar-refractivity contribution in [2.24, 2.45) is 5.92 Å². The second kappa shape index (κ2) is 7.54. The molecule has 1 rings (SSSR count). The second-order valence-electron chi connectivity index (χ2n) is 6.39. The van der Waals surface area contributed by atoms with Crippen LogP contribution >= 0.6 is 0 Å². The van der Waals surface area contributed by atoms with Gasteiger partial charge in [-0.15, -0.1) is 0 Å². The first kappa shape index (κ1) is 17.6. The van der Waals surface area contributed by atoms with Crippen LogP contribution < -0.4 is 5.32 Å². The maximum Gasteiger partial charge on any atom is 0.408 e. The lowest BCUT2D eigenvalue weighted by molar-refractivity contribution is -0.126. The van der Waals surface area contributed by atoms with Gasteiger partial charge < -0.3 is 14.8 Å². The summed E-state index contributed by atoms with van der Waals surface area (Å²) in [5.41, 5.74) is -0.637. The molecule has 0 saturated heterocycles. The molecule has 0 heterocycles. The molecule has 6 heteroatoms. The number of carbonyl (C=O) groups is 3. The van der Waals surface area contributed by atoms with Crippen LogP contribution in [0.2, 0.25) is 0 Å². The van der Waals surface area contributed by atoms with Crippen molar-refractivity contribution in [3.8, 4) is 0 Å². The molecule has 1 saturated carbocycles. The molecule has 0 radical (unpaired) electrons. The first-order valence-electron chi connectivity index (χ1n) is 7.27. The van der Waals surface area contributed by atoms with Crippen molar-refractivity contribution in [3.63, 3.8) is 0 Å². The van der Waals surface area contributed by atoms with Crippen LogP contribution in [0.3, 0.4) is 0 Å². The molecule has 0 bridgehead atoms. The Labute approximate surface area is 125 Å². The number of rotatable bonds is 6. The van der Waals surface area contributed by atoms with E-state index in [9.17, 15) is 14.4 Å². The topological polar surface area (TPSA) is 81.7 Å². The lowest BCUT2D eigenvalue weighted by atomic mass is 9.95. The minimum absolute atomic E-state index is 0.0959. The summed E-state index contributed by atoms with van der Waals surface area (Å²) < 4.78 is 9.99. The zero-order valence-electron chi connectivity index (χ0n) is 13.2. The molecular weight excluding hydrogens is 274 g/mol. The number of Topliss-reactive ketones (excluding diaryl/α,β-unsaturated/α-hetero) is 2. The number of carbonyl (C=O) groups excluding carboxylic acids is 3. The third kappa shape index (κ3) is 6.25. The first-order chi connectivity index (χ1) is 9.73. The van der Waals surface area contributed by atoms with Crippen LogP contribution in [0.25, 0.3) is 0 Å². The van der Waals surface area contributed by atoms with E-state index in [0.29, 0.717) is 12.8 Å². The molecule has 2 atom stereocenters. The highest BCUT2D eigenvalue weighted by Crippen LogP contribution is 2.25. The molecule has 21 heavy (non-hydrogen) atoms. The van der Waals surface area contributed by atoms with Gasteiger partial charge in [0.15, 0.2) is 5.78 Å². The molecule has 1 aliphatic rings. The highest BCUT2D eigenvalue weighted by Gasteiger charge is 2.32. The van der Waals surface area contributed by atoms with Crippen molar-refractivity contribution in [1.82, 2.24) is 5.32 Å². The number of hydrogen-bond donors (Lipinski definition) is 1. The lowest BCUT2D eigenvalue weighted by Crippen LogP contribution is -2.46. The Kier molecular flexibility index (Phi) is 6.33. The summed E-state index contributed by atoms with van der Waals surface area (Å²) in [6.07, 6.45) is 1.84. The number of nitrogens with one attached hydrogen (secondary N) is 1. The van der Waals surface area contributed by atoms with E-state index in [4.69, 9.17) is 9.47 Å². The number of amides is 1. The zero-order valence-corrected chi connectivity index (χ0v) is 13.2. The van der Waals surface area contributed by atoms with Gasteiger partial charge in [0.05, 0.1) is 6.04 Å². The Balaban J connectivity index is 2.66. The standard InChI is InChI=1S/C15H25NO5/c1-15(2,3)21-14(19)16-11(13(18)9-20-4)8-10-6-5-7-12(10)17/h10-11H,5-9H2,1-4H3,(H,16,19)/t10-,11-/m0/s1. The van der Waals surface area contributed by atoms with Crippen molar-refractivity contribution >= 4 is 17.7 Å². The number of hydrogen-bond acceptors (Lipinski definition) is 5. The molecular formula is C15H25NO5. The Morgan fingerprint density at radius 3 is 2.52 bits per heavy atom. The van der Waals surface area contributed by atoms with Gasteiger partial charge in [0.2, 0.25) is 0 Å². The summed E-state index contributed by atoms with van der Waals surface area (Å²) in [5, 5.41) is 2.56. The predicted octanol–water partition coefficient (Wildman–Crippen LogP) is 1.85. The lowest BCUT2D eigenvalue weighted by Gasteiger charge is -2.24. The van der Waals surface area contributed by atoms with Gasteiger partial charge in [-0.25, -0.2) is 4.79 Å². The molecule has 0 aliphatic heterocycles. The van der Waals surface area contributed by atoms with E-state index in [2.05, 4.69) is 5.32 Å². The van der Waals surface area contributed by atoms with Crippen molar-refractivity contribution in [2.75, 3.05) is 13.7 Å². The first-order valence-corrected chi connectivity index (χ1v) is 7.27. The Morgan fingerprint density at radius 2 is 2.05 bits per heavy atom. The molecule has 0 aromatic carbocycles. The van der Waals surface area contributed by atoms with Crippen molar-refractivity contribution in [3.05, 3.63) is 0 Å². The molecule has 120 valence electrons. The van der Waals surface area contributed by atoms with Gasteiger partial charge in [-0.05, 0) is 40.0 Å². The van der Waals surface area contributed by atoms with Gasteiger partial charge in [-0.1, -0.05) is 0 Å². The van der Waals surface area contributed by atoms with E-state index in [-0.39, 0.29) is 24.1 Å². The number of ether oxygens (including phenoxy) is 2. The summed E-state index contributed by atoms with van der Waals surface area (Å²) in [6.45, 7) is 5.15. The molecule has 1 aliphatic carbocycles. The van der Waals surface area contributed by atoms with Crippen LogP contribution in [-0.4, -0.2) is 43.0 Å². The molecule has 1 amide bonds. The van der Waals surface area contributed by atoms with Gasteiger partial charge in [0.25, 0.3) is 0 Å². The highest BCUT2D eigenvalue weighted by atomic mass is 16.6. The molecule has 0 aromatic heterocycles. The maximum absolute atomic E-state index is 12.0. The number of alkyl carbamates (subject to hydrolysis) is 1. The zero-order chi connectivity index (χ0) is 16.0. The molecule has 0 unspecified atom stereocenters. The minimum Gasteiger partial charge on any atom is -0.444 e. The fraction of sp³-hybridized carbons (Fsp3) is 0.800. The molecule has 1 N–H and O–H groups in total. The van der Waals surface area contributed by atoms with Crippen LogP contribution in [0.15, 0.2) is 0 Å². The van der Waals surface area contributed by atoms with Gasteiger partial charge >= 0.3 is 6.09 Å². The van der Waals surface area contributed by atoms with Crippen LogP contribution in [0.4, 0.5) is 4.79 Å². The van der Waals surface area contributed by atoms with E-state index >= 15 is 0 Å². The summed E-state index contributed by atoms with van der Waals surface area (Å²) in [5.74, 6) is -0.245. The molecule has 0 spiro atoms. The Bertz CT molecular complexity index is 399. The van der Waals surface area contributed by atoms with E-state index in [0.717, 1.165) is 12.8 Å². The molecule has 6 nitrogen and oxygen atoms in total. The van der Waals surface area contributed by atoms with E-state index in [1.165, 1.54) is 7.11 Å². The third-order valence-electron chi connectivity index (χ3n) is 3.32. The van der Waals surface area contributed by atoms with E-state index < -0.39 is 17.7 Å². The smallest absolute Gasteiger partial charge is 0.408 e. The number of methoxy groups -OCH3 is 1. The number of ketones is 2. The highest BCUT2D eigenvalue weighted by molar-refractivity contribution is 5.90. The van der Waals surface area contributed by atoms with Crippen LogP contribution in [0.5, 0.6) is 0 Å². The minimum atomic E-state index is -0.744. The molecule has 1 fully saturated rings. The quantitative estimate of drug-likeness (QED) is 0.809. The second-order valence-corrected chi connectivity index (χ2v) is 6.39. The van der Waals surface area contributed by atoms with Crippen LogP contribution in [-0.2, 0) is 19.1 Å². The Morgan fingerprint density at radius 1 is 1.38 bits per heavy atom. The fourth-order valence-corrected chi connectivity index (χ4v) is 2.39. The van der Waals surface area contributed by atoms with Gasteiger partial charge in [-0.2, -0.15) is 0 Å². The normalized spacial score (nSPS) is 20.2. The largest absolute Gasteiger partial charge is 0.444 e. The average Bonchev–Trinajstić information content (AvgIpc) is 2.72. The van der Waals surface area contributed by atoms with E-state index in [1.807, 2.05) is 0 Å². The van der Waals surface area contributed by atoms with Crippen LogP contribution in [0.1, 0.15) is 46.5 Å². The predicted molar refractivity (Wildman–Crippen MR) is 77.0 cm³/mol. The Hall–Kier alpha value is -1.43. The SMILES string of the molecule is COCC(=O)[C@H](C[C@@H]1CCCC1=O)NC(=O)OC(C)(C)C. The third-order valence-corrected chi connectivity index (χ3v) is 3.32. The maximum atomic E-state index is 12.0. The summed E-state index contributed by atoms with van der Waals surface area (Å²) >= 11 is 0. The average molecular weight is 299 g/mol. The monoisotopic (exact) mass is 299 g/mol. The fourth-order valence-electron chi connectivity index (χ4n) is 2.39. The van der Waals surface area contributed by atoms with Crippen LogP contribution in [0, 0.1) is 5.92 Å². The van der Waals surface area contributed by atoms with Crippen molar-refractivity contribution in [2.45, 2.75) is 58.1 Å².